The maximum Gasteiger partial charge on any atom is 0.131 e. The first-order chi connectivity index (χ1) is 7.20. The van der Waals surface area contributed by atoms with Gasteiger partial charge < -0.3 is 10.6 Å². The van der Waals surface area contributed by atoms with E-state index in [1.54, 1.807) is 0 Å². The molecule has 1 aliphatic rings. The van der Waals surface area contributed by atoms with E-state index in [4.69, 9.17) is 5.73 Å². The molecule has 2 rings (SSSR count). The standard InChI is InChI=1S/C12H19N3/c1-9-3-4-15(8-9)12-10(2)5-11(6-13)7-14-12/h5,7,9H,3-4,6,8,13H2,1-2H3. The summed E-state index contributed by atoms with van der Waals surface area (Å²) in [5.74, 6) is 1.93. The number of rotatable bonds is 2. The van der Waals surface area contributed by atoms with Crippen LogP contribution >= 0.6 is 0 Å². The van der Waals surface area contributed by atoms with Gasteiger partial charge in [0.2, 0.25) is 0 Å². The third-order valence-corrected chi connectivity index (χ3v) is 3.07. The Balaban J connectivity index is 2.21. The molecule has 15 heavy (non-hydrogen) atoms. The summed E-state index contributed by atoms with van der Waals surface area (Å²) in [6, 6.07) is 2.14. The fourth-order valence-corrected chi connectivity index (χ4v) is 2.20. The molecule has 1 unspecified atom stereocenters. The summed E-state index contributed by atoms with van der Waals surface area (Å²) in [5, 5.41) is 0. The van der Waals surface area contributed by atoms with Crippen LogP contribution in [0, 0.1) is 12.8 Å². The van der Waals surface area contributed by atoms with Crippen LogP contribution in [0.2, 0.25) is 0 Å². The Morgan fingerprint density at radius 2 is 2.40 bits per heavy atom. The molecule has 2 heterocycles. The topological polar surface area (TPSA) is 42.1 Å². The first-order valence-electron chi connectivity index (χ1n) is 5.61. The van der Waals surface area contributed by atoms with Crippen molar-refractivity contribution in [3.63, 3.8) is 0 Å². The Bertz CT molecular complexity index is 349. The van der Waals surface area contributed by atoms with Crippen LogP contribution in [0.4, 0.5) is 5.82 Å². The minimum absolute atomic E-state index is 0.574. The minimum Gasteiger partial charge on any atom is -0.356 e. The van der Waals surface area contributed by atoms with Gasteiger partial charge in [-0.3, -0.25) is 0 Å². The van der Waals surface area contributed by atoms with Crippen LogP contribution in [-0.2, 0) is 6.54 Å². The molecule has 0 saturated carbocycles. The summed E-state index contributed by atoms with van der Waals surface area (Å²) < 4.78 is 0. The van der Waals surface area contributed by atoms with Crippen LogP contribution in [0.15, 0.2) is 12.3 Å². The molecular weight excluding hydrogens is 186 g/mol. The lowest BCUT2D eigenvalue weighted by Crippen LogP contribution is -2.21. The fourth-order valence-electron chi connectivity index (χ4n) is 2.20. The number of hydrogen-bond donors (Lipinski definition) is 1. The van der Waals surface area contributed by atoms with Crippen molar-refractivity contribution >= 4 is 5.82 Å². The maximum absolute atomic E-state index is 5.59. The molecule has 0 aliphatic carbocycles. The summed E-state index contributed by atoms with van der Waals surface area (Å²) >= 11 is 0. The van der Waals surface area contributed by atoms with Crippen molar-refractivity contribution in [3.8, 4) is 0 Å². The molecule has 1 atom stereocenters. The largest absolute Gasteiger partial charge is 0.356 e. The first-order valence-corrected chi connectivity index (χ1v) is 5.61. The highest BCUT2D eigenvalue weighted by Gasteiger charge is 2.20. The average Bonchev–Trinajstić information content (AvgIpc) is 2.64. The zero-order valence-corrected chi connectivity index (χ0v) is 9.53. The number of anilines is 1. The summed E-state index contributed by atoms with van der Waals surface area (Å²) in [4.78, 5) is 6.89. The highest BCUT2D eigenvalue weighted by Crippen LogP contribution is 2.24. The van der Waals surface area contributed by atoms with E-state index >= 15 is 0 Å². The Kier molecular flexibility index (Phi) is 2.91. The van der Waals surface area contributed by atoms with Crippen LogP contribution in [0.1, 0.15) is 24.5 Å². The highest BCUT2D eigenvalue weighted by atomic mass is 15.2. The third-order valence-electron chi connectivity index (χ3n) is 3.07. The zero-order chi connectivity index (χ0) is 10.8. The van der Waals surface area contributed by atoms with Crippen molar-refractivity contribution in [2.45, 2.75) is 26.8 Å². The van der Waals surface area contributed by atoms with E-state index in [1.807, 2.05) is 6.20 Å². The lowest BCUT2D eigenvalue weighted by molar-refractivity contribution is 0.658. The Morgan fingerprint density at radius 1 is 1.60 bits per heavy atom. The number of hydrogen-bond acceptors (Lipinski definition) is 3. The molecule has 1 aromatic rings. The molecular formula is C12H19N3. The number of pyridine rings is 1. The van der Waals surface area contributed by atoms with E-state index in [2.05, 4.69) is 29.8 Å². The minimum atomic E-state index is 0.574. The molecule has 0 aromatic carbocycles. The van der Waals surface area contributed by atoms with Gasteiger partial charge in [-0.25, -0.2) is 4.98 Å². The van der Waals surface area contributed by atoms with Gasteiger partial charge in [0.25, 0.3) is 0 Å². The van der Waals surface area contributed by atoms with Gasteiger partial charge in [0.1, 0.15) is 5.82 Å². The second kappa shape index (κ2) is 4.19. The lowest BCUT2D eigenvalue weighted by atomic mass is 10.2. The molecule has 82 valence electrons. The van der Waals surface area contributed by atoms with E-state index in [0.717, 1.165) is 30.4 Å². The van der Waals surface area contributed by atoms with E-state index in [9.17, 15) is 0 Å². The van der Waals surface area contributed by atoms with Crippen LogP contribution in [0.25, 0.3) is 0 Å². The smallest absolute Gasteiger partial charge is 0.131 e. The molecule has 3 heteroatoms. The number of aromatic nitrogens is 1. The van der Waals surface area contributed by atoms with E-state index in [0.29, 0.717) is 6.54 Å². The molecule has 1 saturated heterocycles. The molecule has 0 bridgehead atoms. The Labute approximate surface area is 91.3 Å². The third kappa shape index (κ3) is 2.12. The molecule has 0 radical (unpaired) electrons. The Morgan fingerprint density at radius 3 is 2.93 bits per heavy atom. The fraction of sp³-hybridized carbons (Fsp3) is 0.583. The zero-order valence-electron chi connectivity index (χ0n) is 9.53. The number of nitrogens with zero attached hydrogens (tertiary/aromatic N) is 2. The maximum atomic E-state index is 5.59. The molecule has 0 amide bonds. The quantitative estimate of drug-likeness (QED) is 0.799. The molecule has 1 aliphatic heterocycles. The van der Waals surface area contributed by atoms with Crippen LogP contribution in [0.3, 0.4) is 0 Å². The molecule has 0 spiro atoms. The van der Waals surface area contributed by atoms with Crippen LogP contribution in [-0.4, -0.2) is 18.1 Å². The first kappa shape index (κ1) is 10.4. The Hall–Kier alpha value is -1.09. The van der Waals surface area contributed by atoms with Gasteiger partial charge >= 0.3 is 0 Å². The van der Waals surface area contributed by atoms with Crippen molar-refractivity contribution in [1.29, 1.82) is 0 Å². The number of aryl methyl sites for hydroxylation is 1. The summed E-state index contributed by atoms with van der Waals surface area (Å²) in [6.45, 7) is 7.26. The summed E-state index contributed by atoms with van der Waals surface area (Å²) in [5.41, 5.74) is 7.95. The summed E-state index contributed by atoms with van der Waals surface area (Å²) in [7, 11) is 0. The van der Waals surface area contributed by atoms with Crippen molar-refractivity contribution in [2.24, 2.45) is 11.7 Å². The molecule has 2 N–H and O–H groups in total. The van der Waals surface area contributed by atoms with Gasteiger partial charge in [-0.15, -0.1) is 0 Å². The summed E-state index contributed by atoms with van der Waals surface area (Å²) in [6.07, 6.45) is 3.17. The van der Waals surface area contributed by atoms with Crippen molar-refractivity contribution in [1.82, 2.24) is 4.98 Å². The van der Waals surface area contributed by atoms with E-state index in [1.165, 1.54) is 12.0 Å². The second-order valence-electron chi connectivity index (χ2n) is 4.53. The predicted molar refractivity (Wildman–Crippen MR) is 62.9 cm³/mol. The normalized spacial score (nSPS) is 21.0. The van der Waals surface area contributed by atoms with E-state index < -0.39 is 0 Å². The van der Waals surface area contributed by atoms with Gasteiger partial charge in [-0.05, 0) is 36.5 Å². The van der Waals surface area contributed by atoms with Gasteiger partial charge in [0.15, 0.2) is 0 Å². The monoisotopic (exact) mass is 205 g/mol. The lowest BCUT2D eigenvalue weighted by Gasteiger charge is -2.19. The van der Waals surface area contributed by atoms with Crippen molar-refractivity contribution in [2.75, 3.05) is 18.0 Å². The van der Waals surface area contributed by atoms with Crippen LogP contribution < -0.4 is 10.6 Å². The van der Waals surface area contributed by atoms with Gasteiger partial charge in [0, 0.05) is 25.8 Å². The number of nitrogens with two attached hydrogens (primary N) is 1. The van der Waals surface area contributed by atoms with Crippen molar-refractivity contribution in [3.05, 3.63) is 23.4 Å². The average molecular weight is 205 g/mol. The predicted octanol–water partition coefficient (Wildman–Crippen LogP) is 1.69. The van der Waals surface area contributed by atoms with E-state index in [-0.39, 0.29) is 0 Å². The molecule has 3 nitrogen and oxygen atoms in total. The SMILES string of the molecule is Cc1cc(CN)cnc1N1CCC(C)C1. The molecule has 1 aromatic heterocycles. The highest BCUT2D eigenvalue weighted by molar-refractivity contribution is 5.48. The van der Waals surface area contributed by atoms with Gasteiger partial charge in [-0.1, -0.05) is 6.92 Å². The van der Waals surface area contributed by atoms with Gasteiger partial charge in [0.05, 0.1) is 0 Å². The second-order valence-corrected chi connectivity index (χ2v) is 4.53. The van der Waals surface area contributed by atoms with Gasteiger partial charge in [-0.2, -0.15) is 0 Å². The molecule has 1 fully saturated rings. The van der Waals surface area contributed by atoms with Crippen molar-refractivity contribution < 1.29 is 0 Å². The van der Waals surface area contributed by atoms with Crippen LogP contribution in [0.5, 0.6) is 0 Å².